The van der Waals surface area contributed by atoms with Gasteiger partial charge in [0.05, 0.1) is 6.04 Å². The third-order valence-electron chi connectivity index (χ3n) is 2.86. The van der Waals surface area contributed by atoms with Crippen LogP contribution in [0.25, 0.3) is 11.0 Å². The van der Waals surface area contributed by atoms with Crippen LogP contribution in [0.1, 0.15) is 16.7 Å². The fourth-order valence-electron chi connectivity index (χ4n) is 1.96. The second kappa shape index (κ2) is 4.76. The largest absolute Gasteiger partial charge is 0.459 e. The SMILES string of the molecule is NC(Cc1cccs1)c1cc2cc(Cl)ccc2o1. The Kier molecular flexibility index (Phi) is 3.12. The van der Waals surface area contributed by atoms with Crippen LogP contribution in [0.5, 0.6) is 0 Å². The van der Waals surface area contributed by atoms with Gasteiger partial charge in [0.2, 0.25) is 0 Å². The van der Waals surface area contributed by atoms with Gasteiger partial charge in [-0.3, -0.25) is 0 Å². The minimum absolute atomic E-state index is 0.116. The van der Waals surface area contributed by atoms with Gasteiger partial charge < -0.3 is 10.2 Å². The summed E-state index contributed by atoms with van der Waals surface area (Å²) in [4.78, 5) is 1.26. The Morgan fingerprint density at radius 2 is 2.17 bits per heavy atom. The monoisotopic (exact) mass is 277 g/mol. The average molecular weight is 278 g/mol. The van der Waals surface area contributed by atoms with Crippen molar-refractivity contribution in [3.05, 3.63) is 57.4 Å². The lowest BCUT2D eigenvalue weighted by atomic mass is 10.1. The molecule has 1 atom stereocenters. The predicted octanol–water partition coefficient (Wildman–Crippen LogP) is 4.39. The van der Waals surface area contributed by atoms with Crippen LogP contribution in [0.15, 0.2) is 46.2 Å². The Morgan fingerprint density at radius 3 is 2.94 bits per heavy atom. The van der Waals surface area contributed by atoms with Crippen LogP contribution in [0, 0.1) is 0 Å². The highest BCUT2D eigenvalue weighted by atomic mass is 35.5. The van der Waals surface area contributed by atoms with Gasteiger partial charge in [0.25, 0.3) is 0 Å². The Labute approximate surface area is 114 Å². The summed E-state index contributed by atoms with van der Waals surface area (Å²) in [6.45, 7) is 0. The van der Waals surface area contributed by atoms with E-state index in [1.165, 1.54) is 4.88 Å². The molecule has 92 valence electrons. The van der Waals surface area contributed by atoms with Gasteiger partial charge in [0, 0.05) is 21.7 Å². The lowest BCUT2D eigenvalue weighted by Crippen LogP contribution is -2.11. The third kappa shape index (κ3) is 2.29. The summed E-state index contributed by atoms with van der Waals surface area (Å²) >= 11 is 7.66. The highest BCUT2D eigenvalue weighted by Gasteiger charge is 2.13. The van der Waals surface area contributed by atoms with E-state index < -0.39 is 0 Å². The number of benzene rings is 1. The first-order valence-corrected chi connectivity index (χ1v) is 6.95. The molecule has 3 rings (SSSR count). The molecule has 0 spiro atoms. The summed E-state index contributed by atoms with van der Waals surface area (Å²) in [6.07, 6.45) is 0.797. The van der Waals surface area contributed by atoms with Crippen molar-refractivity contribution in [1.82, 2.24) is 0 Å². The van der Waals surface area contributed by atoms with Crippen LogP contribution in [0.3, 0.4) is 0 Å². The first-order chi connectivity index (χ1) is 8.72. The van der Waals surface area contributed by atoms with Crippen molar-refractivity contribution in [3.8, 4) is 0 Å². The first-order valence-electron chi connectivity index (χ1n) is 5.69. The highest BCUT2D eigenvalue weighted by molar-refractivity contribution is 7.09. The molecule has 0 amide bonds. The molecule has 0 radical (unpaired) electrons. The number of fused-ring (bicyclic) bond motifs is 1. The number of nitrogens with two attached hydrogens (primary N) is 1. The Balaban J connectivity index is 1.89. The standard InChI is InChI=1S/C14H12ClNOS/c15-10-3-4-13-9(6-10)7-14(17-13)12(16)8-11-2-1-5-18-11/h1-7,12H,8,16H2. The molecule has 2 nitrogen and oxygen atoms in total. The number of hydrogen-bond donors (Lipinski definition) is 1. The Morgan fingerprint density at radius 1 is 1.28 bits per heavy atom. The minimum atomic E-state index is -0.116. The molecular formula is C14H12ClNOS. The molecule has 3 aromatic rings. The van der Waals surface area contributed by atoms with E-state index in [9.17, 15) is 0 Å². The zero-order valence-electron chi connectivity index (χ0n) is 9.60. The molecule has 1 unspecified atom stereocenters. The van der Waals surface area contributed by atoms with Crippen molar-refractivity contribution in [2.24, 2.45) is 5.73 Å². The molecule has 0 aliphatic carbocycles. The minimum Gasteiger partial charge on any atom is -0.459 e. The summed E-state index contributed by atoms with van der Waals surface area (Å²) in [5.74, 6) is 0.806. The van der Waals surface area contributed by atoms with Gasteiger partial charge in [0.15, 0.2) is 0 Å². The van der Waals surface area contributed by atoms with E-state index in [2.05, 4.69) is 11.4 Å². The highest BCUT2D eigenvalue weighted by Crippen LogP contribution is 2.27. The molecule has 0 bridgehead atoms. The van der Waals surface area contributed by atoms with Crippen molar-refractivity contribution in [2.75, 3.05) is 0 Å². The molecule has 18 heavy (non-hydrogen) atoms. The molecule has 0 fully saturated rings. The molecule has 1 aromatic carbocycles. The van der Waals surface area contributed by atoms with Crippen LogP contribution in [0.4, 0.5) is 0 Å². The molecule has 2 aromatic heterocycles. The molecule has 0 aliphatic heterocycles. The van der Waals surface area contributed by atoms with Crippen LogP contribution in [-0.4, -0.2) is 0 Å². The molecule has 0 aliphatic rings. The van der Waals surface area contributed by atoms with Gasteiger partial charge in [-0.25, -0.2) is 0 Å². The molecule has 0 saturated carbocycles. The van der Waals surface area contributed by atoms with E-state index in [-0.39, 0.29) is 6.04 Å². The lowest BCUT2D eigenvalue weighted by molar-refractivity contribution is 0.495. The number of furan rings is 1. The van der Waals surface area contributed by atoms with Crippen LogP contribution < -0.4 is 5.73 Å². The van der Waals surface area contributed by atoms with Gasteiger partial charge in [-0.1, -0.05) is 17.7 Å². The maximum atomic E-state index is 6.17. The quantitative estimate of drug-likeness (QED) is 0.771. The maximum Gasteiger partial charge on any atom is 0.134 e. The molecular weight excluding hydrogens is 266 g/mol. The lowest BCUT2D eigenvalue weighted by Gasteiger charge is -2.05. The topological polar surface area (TPSA) is 39.2 Å². The summed E-state index contributed by atoms with van der Waals surface area (Å²) < 4.78 is 5.75. The van der Waals surface area contributed by atoms with E-state index in [1.807, 2.05) is 30.3 Å². The number of thiophene rings is 1. The molecule has 2 heterocycles. The van der Waals surface area contributed by atoms with Crippen molar-refractivity contribution in [3.63, 3.8) is 0 Å². The fourth-order valence-corrected chi connectivity index (χ4v) is 2.91. The zero-order chi connectivity index (χ0) is 12.5. The van der Waals surface area contributed by atoms with Crippen LogP contribution >= 0.6 is 22.9 Å². The third-order valence-corrected chi connectivity index (χ3v) is 4.00. The second-order valence-corrected chi connectivity index (χ2v) is 5.69. The van der Waals surface area contributed by atoms with Gasteiger partial charge in [-0.15, -0.1) is 11.3 Å². The molecule has 2 N–H and O–H groups in total. The first kappa shape index (κ1) is 11.8. The summed E-state index contributed by atoms with van der Waals surface area (Å²) in [6, 6.07) is 11.6. The number of halogens is 1. The van der Waals surface area contributed by atoms with E-state index in [0.717, 1.165) is 23.2 Å². The zero-order valence-corrected chi connectivity index (χ0v) is 11.2. The fraction of sp³-hybridized carbons (Fsp3) is 0.143. The van der Waals surface area contributed by atoms with Gasteiger partial charge in [0.1, 0.15) is 11.3 Å². The van der Waals surface area contributed by atoms with Crippen LogP contribution in [-0.2, 0) is 6.42 Å². The summed E-state index contributed by atoms with van der Waals surface area (Å²) in [7, 11) is 0. The molecule has 0 saturated heterocycles. The number of rotatable bonds is 3. The van der Waals surface area contributed by atoms with Gasteiger partial charge in [-0.2, -0.15) is 0 Å². The van der Waals surface area contributed by atoms with Gasteiger partial charge >= 0.3 is 0 Å². The summed E-state index contributed by atoms with van der Waals surface area (Å²) in [5.41, 5.74) is 7.00. The van der Waals surface area contributed by atoms with Crippen molar-refractivity contribution in [2.45, 2.75) is 12.5 Å². The smallest absolute Gasteiger partial charge is 0.134 e. The number of hydrogen-bond acceptors (Lipinski definition) is 3. The maximum absolute atomic E-state index is 6.17. The van der Waals surface area contributed by atoms with E-state index in [4.69, 9.17) is 21.8 Å². The van der Waals surface area contributed by atoms with Crippen molar-refractivity contribution >= 4 is 33.9 Å². The van der Waals surface area contributed by atoms with E-state index in [1.54, 1.807) is 11.3 Å². The Hall–Kier alpha value is -1.29. The predicted molar refractivity (Wildman–Crippen MR) is 76.2 cm³/mol. The average Bonchev–Trinajstić information content (AvgIpc) is 2.96. The Bertz CT molecular complexity index is 660. The van der Waals surface area contributed by atoms with Crippen molar-refractivity contribution in [1.29, 1.82) is 0 Å². The van der Waals surface area contributed by atoms with Crippen molar-refractivity contribution < 1.29 is 4.42 Å². The normalized spacial score (nSPS) is 13.0. The van der Waals surface area contributed by atoms with E-state index >= 15 is 0 Å². The summed E-state index contributed by atoms with van der Waals surface area (Å²) in [5, 5.41) is 3.77. The van der Waals surface area contributed by atoms with Crippen LogP contribution in [0.2, 0.25) is 5.02 Å². The molecule has 4 heteroatoms. The van der Waals surface area contributed by atoms with Gasteiger partial charge in [-0.05, 0) is 35.7 Å². The van der Waals surface area contributed by atoms with E-state index in [0.29, 0.717) is 5.02 Å². The second-order valence-electron chi connectivity index (χ2n) is 4.22.